The molecule has 0 spiro atoms. The standard InChI is InChI=1S/C26H27FN2O4/c1-32-20-15-13-18(14-16-20)24(25(30)28-19-8-3-2-4-9-19)29(22-11-6-5-10-21(22)27)26(31)23-12-7-17-33-23/h5-7,10-17,19,24H,2-4,8-9H2,1H3,(H,28,30). The third kappa shape index (κ3) is 5.08. The van der Waals surface area contributed by atoms with Crippen LogP contribution < -0.4 is 15.0 Å². The monoisotopic (exact) mass is 450 g/mol. The number of anilines is 1. The number of furan rings is 1. The number of halogens is 1. The van der Waals surface area contributed by atoms with Crippen LogP contribution in [0.2, 0.25) is 0 Å². The van der Waals surface area contributed by atoms with E-state index < -0.39 is 17.8 Å². The second-order valence-corrected chi connectivity index (χ2v) is 8.12. The average Bonchev–Trinajstić information content (AvgIpc) is 3.39. The molecular weight excluding hydrogens is 423 g/mol. The molecule has 7 heteroatoms. The number of methoxy groups -OCH3 is 1. The van der Waals surface area contributed by atoms with E-state index >= 15 is 0 Å². The summed E-state index contributed by atoms with van der Waals surface area (Å²) in [6.07, 6.45) is 6.37. The lowest BCUT2D eigenvalue weighted by atomic mass is 9.94. The number of hydrogen-bond acceptors (Lipinski definition) is 4. The van der Waals surface area contributed by atoms with Crippen molar-refractivity contribution in [2.24, 2.45) is 0 Å². The zero-order valence-corrected chi connectivity index (χ0v) is 18.5. The molecule has 33 heavy (non-hydrogen) atoms. The van der Waals surface area contributed by atoms with Crippen LogP contribution in [0.3, 0.4) is 0 Å². The molecule has 2 aromatic carbocycles. The van der Waals surface area contributed by atoms with Crippen molar-refractivity contribution >= 4 is 17.5 Å². The van der Waals surface area contributed by atoms with Crippen molar-refractivity contribution < 1.29 is 23.1 Å². The van der Waals surface area contributed by atoms with Gasteiger partial charge in [-0.2, -0.15) is 0 Å². The molecule has 172 valence electrons. The maximum atomic E-state index is 15.0. The van der Waals surface area contributed by atoms with Gasteiger partial charge in [-0.25, -0.2) is 4.39 Å². The number of hydrogen-bond donors (Lipinski definition) is 1. The number of benzene rings is 2. The molecule has 1 aromatic heterocycles. The van der Waals surface area contributed by atoms with Crippen molar-refractivity contribution in [2.75, 3.05) is 12.0 Å². The van der Waals surface area contributed by atoms with Gasteiger partial charge in [0, 0.05) is 6.04 Å². The van der Waals surface area contributed by atoms with Crippen LogP contribution in [0.15, 0.2) is 71.3 Å². The van der Waals surface area contributed by atoms with Crippen molar-refractivity contribution in [3.63, 3.8) is 0 Å². The number of ether oxygens (including phenoxy) is 1. The van der Waals surface area contributed by atoms with Gasteiger partial charge < -0.3 is 14.5 Å². The molecule has 0 radical (unpaired) electrons. The van der Waals surface area contributed by atoms with Gasteiger partial charge >= 0.3 is 0 Å². The molecular formula is C26H27FN2O4. The summed E-state index contributed by atoms with van der Waals surface area (Å²) in [5.41, 5.74) is 0.533. The van der Waals surface area contributed by atoms with Gasteiger partial charge in [0.2, 0.25) is 5.91 Å². The second-order valence-electron chi connectivity index (χ2n) is 8.12. The van der Waals surface area contributed by atoms with Crippen molar-refractivity contribution in [2.45, 2.75) is 44.2 Å². The molecule has 1 heterocycles. The van der Waals surface area contributed by atoms with Gasteiger partial charge in [-0.15, -0.1) is 0 Å². The Bertz CT molecular complexity index is 1080. The number of amides is 2. The van der Waals surface area contributed by atoms with E-state index in [9.17, 15) is 14.0 Å². The predicted octanol–water partition coefficient (Wildman–Crippen LogP) is 5.26. The van der Waals surface area contributed by atoms with Crippen molar-refractivity contribution in [3.05, 3.63) is 84.1 Å². The minimum absolute atomic E-state index is 0.00138. The third-order valence-corrected chi connectivity index (χ3v) is 5.95. The van der Waals surface area contributed by atoms with Gasteiger partial charge in [-0.05, 0) is 54.8 Å². The van der Waals surface area contributed by atoms with E-state index in [2.05, 4.69) is 5.32 Å². The third-order valence-electron chi connectivity index (χ3n) is 5.95. The molecule has 6 nitrogen and oxygen atoms in total. The smallest absolute Gasteiger partial charge is 0.295 e. The Balaban J connectivity index is 1.80. The normalized spacial score (nSPS) is 15.0. The topological polar surface area (TPSA) is 71.8 Å². The quantitative estimate of drug-likeness (QED) is 0.533. The lowest BCUT2D eigenvalue weighted by molar-refractivity contribution is -0.123. The van der Waals surface area contributed by atoms with E-state index in [0.717, 1.165) is 32.1 Å². The molecule has 1 aliphatic carbocycles. The van der Waals surface area contributed by atoms with E-state index in [1.165, 1.54) is 29.4 Å². The van der Waals surface area contributed by atoms with Gasteiger partial charge in [-0.3, -0.25) is 14.5 Å². The Hall–Kier alpha value is -3.61. The predicted molar refractivity (Wildman–Crippen MR) is 123 cm³/mol. The van der Waals surface area contributed by atoms with Crippen LogP contribution in [0.4, 0.5) is 10.1 Å². The van der Waals surface area contributed by atoms with Crippen LogP contribution in [0.1, 0.15) is 54.3 Å². The molecule has 1 unspecified atom stereocenters. The van der Waals surface area contributed by atoms with Crippen molar-refractivity contribution in [1.82, 2.24) is 5.32 Å². The fourth-order valence-electron chi connectivity index (χ4n) is 4.26. The van der Waals surface area contributed by atoms with Crippen molar-refractivity contribution in [1.29, 1.82) is 0 Å². The van der Waals surface area contributed by atoms with E-state index in [0.29, 0.717) is 11.3 Å². The van der Waals surface area contributed by atoms with Crippen LogP contribution in [0.5, 0.6) is 5.75 Å². The SMILES string of the molecule is COc1ccc(C(C(=O)NC2CCCCC2)N(C(=O)c2ccco2)c2ccccc2F)cc1. The second kappa shape index (κ2) is 10.3. The molecule has 0 saturated heterocycles. The van der Waals surface area contributed by atoms with Crippen molar-refractivity contribution in [3.8, 4) is 5.75 Å². The summed E-state index contributed by atoms with van der Waals surface area (Å²) in [5, 5.41) is 3.10. The number of carbonyl (C=O) groups excluding carboxylic acids is 2. The summed E-state index contributed by atoms with van der Waals surface area (Å²) >= 11 is 0. The lowest BCUT2D eigenvalue weighted by Crippen LogP contribution is -2.47. The first kappa shape index (κ1) is 22.6. The van der Waals surface area contributed by atoms with Gasteiger partial charge in [-0.1, -0.05) is 43.5 Å². The Labute approximate surface area is 192 Å². The maximum absolute atomic E-state index is 15.0. The molecule has 1 atom stereocenters. The van der Waals surface area contributed by atoms with E-state index in [1.807, 2.05) is 0 Å². The fourth-order valence-corrected chi connectivity index (χ4v) is 4.26. The maximum Gasteiger partial charge on any atom is 0.295 e. The number of rotatable bonds is 7. The number of nitrogens with one attached hydrogen (secondary N) is 1. The summed E-state index contributed by atoms with van der Waals surface area (Å²) in [6.45, 7) is 0. The molecule has 0 bridgehead atoms. The molecule has 1 aliphatic rings. The van der Waals surface area contributed by atoms with E-state index in [4.69, 9.17) is 9.15 Å². The fraction of sp³-hybridized carbons (Fsp3) is 0.308. The van der Waals surface area contributed by atoms with Gasteiger partial charge in [0.25, 0.3) is 5.91 Å². The molecule has 3 aromatic rings. The van der Waals surface area contributed by atoms with Crippen LogP contribution in [-0.2, 0) is 4.79 Å². The van der Waals surface area contributed by atoms with Crippen LogP contribution in [-0.4, -0.2) is 25.0 Å². The van der Waals surface area contributed by atoms with Crippen LogP contribution in [0.25, 0.3) is 0 Å². The average molecular weight is 451 g/mol. The molecule has 4 rings (SSSR count). The highest BCUT2D eigenvalue weighted by molar-refractivity contribution is 6.08. The minimum atomic E-state index is -1.10. The lowest BCUT2D eigenvalue weighted by Gasteiger charge is -2.33. The molecule has 1 N–H and O–H groups in total. The van der Waals surface area contributed by atoms with Crippen LogP contribution in [0, 0.1) is 5.82 Å². The zero-order valence-electron chi connectivity index (χ0n) is 18.5. The largest absolute Gasteiger partial charge is 0.497 e. The molecule has 0 aliphatic heterocycles. The highest BCUT2D eigenvalue weighted by atomic mass is 19.1. The Morgan fingerprint density at radius 1 is 1.03 bits per heavy atom. The Morgan fingerprint density at radius 3 is 2.39 bits per heavy atom. The summed E-state index contributed by atoms with van der Waals surface area (Å²) in [4.78, 5) is 28.4. The number of para-hydroxylation sites is 1. The molecule has 1 fully saturated rings. The zero-order chi connectivity index (χ0) is 23.2. The van der Waals surface area contributed by atoms with E-state index in [-0.39, 0.29) is 23.4 Å². The number of nitrogens with zero attached hydrogens (tertiary/aromatic N) is 1. The summed E-state index contributed by atoms with van der Waals surface area (Å²) < 4.78 is 25.6. The Morgan fingerprint density at radius 2 is 1.76 bits per heavy atom. The highest BCUT2D eigenvalue weighted by Crippen LogP contribution is 2.33. The van der Waals surface area contributed by atoms with Crippen LogP contribution >= 0.6 is 0 Å². The van der Waals surface area contributed by atoms with Gasteiger partial charge in [0.15, 0.2) is 5.76 Å². The summed E-state index contributed by atoms with van der Waals surface area (Å²) in [7, 11) is 1.55. The Kier molecular flexibility index (Phi) is 7.07. The first-order valence-electron chi connectivity index (χ1n) is 11.1. The first-order valence-corrected chi connectivity index (χ1v) is 11.1. The summed E-state index contributed by atoms with van der Waals surface area (Å²) in [5.74, 6) is -0.955. The molecule has 2 amide bonds. The van der Waals surface area contributed by atoms with Gasteiger partial charge in [0.05, 0.1) is 19.1 Å². The number of carbonyl (C=O) groups is 2. The first-order chi connectivity index (χ1) is 16.1. The highest BCUT2D eigenvalue weighted by Gasteiger charge is 2.36. The minimum Gasteiger partial charge on any atom is -0.497 e. The summed E-state index contributed by atoms with van der Waals surface area (Å²) in [6, 6.07) is 14.8. The van der Waals surface area contributed by atoms with E-state index in [1.54, 1.807) is 49.6 Å². The van der Waals surface area contributed by atoms with Gasteiger partial charge in [0.1, 0.15) is 17.6 Å². The molecule has 1 saturated carbocycles.